The minimum atomic E-state index is -0.871. The summed E-state index contributed by atoms with van der Waals surface area (Å²) in [5.74, 6) is -1.04. The summed E-state index contributed by atoms with van der Waals surface area (Å²) in [5.41, 5.74) is 2.85. The van der Waals surface area contributed by atoms with Crippen molar-refractivity contribution in [2.75, 3.05) is 0 Å². The zero-order valence-corrected chi connectivity index (χ0v) is 54.0. The van der Waals surface area contributed by atoms with Crippen molar-refractivity contribution in [1.82, 2.24) is 15.0 Å². The number of aryl methyl sites for hydroxylation is 2. The summed E-state index contributed by atoms with van der Waals surface area (Å²) in [7, 11) is 0. The van der Waals surface area contributed by atoms with Gasteiger partial charge in [-0.1, -0.05) is 246 Å². The molecule has 1 unspecified atom stereocenters. The van der Waals surface area contributed by atoms with Crippen LogP contribution in [0.15, 0.2) is 36.4 Å². The molecule has 6 aromatic rings. The van der Waals surface area contributed by atoms with Gasteiger partial charge in [0.05, 0.1) is 28.0 Å². The predicted octanol–water partition coefficient (Wildman–Crippen LogP) is 25.2. The van der Waals surface area contributed by atoms with Gasteiger partial charge in [0.2, 0.25) is 0 Å². The van der Waals surface area contributed by atoms with Gasteiger partial charge in [-0.15, -0.1) is 45.3 Å². The van der Waals surface area contributed by atoms with Crippen LogP contribution in [0.2, 0.25) is 0 Å². The highest BCUT2D eigenvalue weighted by Gasteiger charge is 2.47. The third-order valence-corrected chi connectivity index (χ3v) is 22.3. The molecule has 1 aromatic carbocycles. The number of ketones is 1. The summed E-state index contributed by atoms with van der Waals surface area (Å²) >= 11 is 6.49. The Balaban J connectivity index is 1.15. The minimum absolute atomic E-state index is 0.188. The van der Waals surface area contributed by atoms with Crippen LogP contribution >= 0.6 is 45.3 Å². The molecule has 0 aliphatic heterocycles. The number of hydrogen-bond donors (Lipinski definition) is 0. The Morgan fingerprint density at radius 2 is 0.863 bits per heavy atom. The molecule has 80 heavy (non-hydrogen) atoms. The average Bonchev–Trinajstić information content (AvgIpc) is 4.35. The van der Waals surface area contributed by atoms with Gasteiger partial charge in [-0.3, -0.25) is 4.79 Å². The molecule has 0 saturated heterocycles. The van der Waals surface area contributed by atoms with E-state index in [4.69, 9.17) is 10.2 Å². The molecule has 1 aliphatic carbocycles. The van der Waals surface area contributed by atoms with Gasteiger partial charge in [0.25, 0.3) is 0 Å². The number of carbonyl (C=O) groups excluding carboxylic acids is 1. The van der Waals surface area contributed by atoms with Gasteiger partial charge in [0.1, 0.15) is 11.0 Å². The first kappa shape index (κ1) is 64.5. The van der Waals surface area contributed by atoms with Gasteiger partial charge in [-0.05, 0) is 87.4 Å². The lowest BCUT2D eigenvalue weighted by Crippen LogP contribution is -2.38. The van der Waals surface area contributed by atoms with Crippen LogP contribution in [-0.2, 0) is 12.0 Å². The Bertz CT molecular complexity index is 2710. The number of unbranched alkanes of at least 4 members (excludes halogenated alkanes) is 30. The van der Waals surface area contributed by atoms with Crippen molar-refractivity contribution in [3.8, 4) is 40.4 Å². The molecular weight excluding hydrogens is 1070 g/mol. The van der Waals surface area contributed by atoms with Crippen molar-refractivity contribution in [1.29, 1.82) is 0 Å². The summed E-state index contributed by atoms with van der Waals surface area (Å²) in [6, 6.07) is 12.4. The maximum atomic E-state index is 17.2. The maximum absolute atomic E-state index is 17.2. The lowest BCUT2D eigenvalue weighted by molar-refractivity contribution is 0.0855. The first-order valence-corrected chi connectivity index (χ1v) is 36.1. The van der Waals surface area contributed by atoms with E-state index in [9.17, 15) is 0 Å². The van der Waals surface area contributed by atoms with Crippen LogP contribution < -0.4 is 0 Å². The van der Waals surface area contributed by atoms with E-state index in [-0.39, 0.29) is 11.1 Å². The van der Waals surface area contributed by atoms with Crippen LogP contribution in [0, 0.1) is 31.4 Å². The normalized spacial score (nSPS) is 13.5. The van der Waals surface area contributed by atoms with E-state index in [1.54, 1.807) is 16.1 Å². The van der Waals surface area contributed by atoms with Gasteiger partial charge in [-0.2, -0.15) is 15.0 Å². The Morgan fingerprint density at radius 1 is 0.450 bits per heavy atom. The van der Waals surface area contributed by atoms with Crippen LogP contribution in [0.25, 0.3) is 51.4 Å². The lowest BCUT2D eigenvalue weighted by atomic mass is 9.65. The maximum Gasteiger partial charge on any atom is 0.174 e. The van der Waals surface area contributed by atoms with E-state index in [0.717, 1.165) is 63.6 Å². The second kappa shape index (κ2) is 34.7. The molecule has 1 atom stereocenters. The van der Waals surface area contributed by atoms with Crippen molar-refractivity contribution in [2.24, 2.45) is 5.92 Å². The molecular formula is C70H103F2N3OS4. The van der Waals surface area contributed by atoms with Crippen molar-refractivity contribution in [2.45, 2.75) is 297 Å². The molecule has 5 heterocycles. The SMILES string of the molecule is CCCCCCCCCCCCC1(CCCCCCCCCCCC)C(=O)c2cc(-c3ccc(-c4c(F)c(F)c(-c5ccc(C)s5)c5nn(CC(CCCCCCCC)CCCCCCCCCC)nc45)s3)sc2-c2sc(C)cc21. The fraction of sp³-hybridized carbons (Fsp3) is 0.671. The highest BCUT2D eigenvalue weighted by atomic mass is 32.1. The second-order valence-electron chi connectivity index (χ2n) is 24.3. The number of hydrogen-bond acceptors (Lipinski definition) is 7. The number of benzene rings is 1. The van der Waals surface area contributed by atoms with E-state index in [2.05, 4.69) is 46.8 Å². The molecule has 5 aromatic heterocycles. The molecule has 1 aliphatic rings. The first-order chi connectivity index (χ1) is 39.1. The first-order valence-electron chi connectivity index (χ1n) is 32.9. The number of rotatable bonds is 43. The van der Waals surface area contributed by atoms with Crippen LogP contribution in [-0.4, -0.2) is 20.8 Å². The van der Waals surface area contributed by atoms with E-state index < -0.39 is 17.0 Å². The number of thiophene rings is 4. The zero-order chi connectivity index (χ0) is 56.5. The molecule has 442 valence electrons. The zero-order valence-electron chi connectivity index (χ0n) is 50.8. The van der Waals surface area contributed by atoms with Crippen molar-refractivity contribution in [3.63, 3.8) is 0 Å². The third kappa shape index (κ3) is 18.0. The predicted molar refractivity (Wildman–Crippen MR) is 348 cm³/mol. The Kier molecular flexibility index (Phi) is 27.9. The largest absolute Gasteiger partial charge is 0.293 e. The standard InChI is InChI=1S/C70H103F2N3OS4/c1-7-11-15-19-23-26-28-31-35-39-47-70(48-40-36-32-29-27-24-20-16-12-8-2)56-49-53(6)78-68(56)67-55(69(70)76)50-60(80-67)57-45-46-59(79-57)62-64(72)63(71)61(58-44-43-52(5)77-58)65-66(62)74-75(73-65)51-54(41-37-33-22-18-14-10-4)42-38-34-30-25-21-17-13-9-3/h43-46,49-50,54H,7-42,47-48,51H2,1-6H3. The minimum Gasteiger partial charge on any atom is -0.293 e. The highest BCUT2D eigenvalue weighted by Crippen LogP contribution is 2.56. The highest BCUT2D eigenvalue weighted by molar-refractivity contribution is 7.27. The van der Waals surface area contributed by atoms with Crippen molar-refractivity contribution in [3.05, 3.63) is 68.9 Å². The molecule has 0 radical (unpaired) electrons. The van der Waals surface area contributed by atoms with Crippen LogP contribution in [0.1, 0.15) is 297 Å². The van der Waals surface area contributed by atoms with E-state index in [1.165, 1.54) is 243 Å². The third-order valence-electron chi connectivity index (χ3n) is 17.6. The Hall–Kier alpha value is -3.05. The van der Waals surface area contributed by atoms with Gasteiger partial charge in [0, 0.05) is 39.7 Å². The van der Waals surface area contributed by atoms with Gasteiger partial charge >= 0.3 is 0 Å². The Labute approximate surface area is 500 Å². The molecule has 7 rings (SSSR count). The summed E-state index contributed by atoms with van der Waals surface area (Å²) in [6.07, 6.45) is 47.4. The van der Waals surface area contributed by atoms with Crippen LogP contribution in [0.3, 0.4) is 0 Å². The lowest BCUT2D eigenvalue weighted by Gasteiger charge is -2.36. The number of Topliss-reactive ketones (excluding diaryl/α,β-unsaturated/α-hetero) is 1. The van der Waals surface area contributed by atoms with Gasteiger partial charge < -0.3 is 0 Å². The molecule has 0 fully saturated rings. The fourth-order valence-electron chi connectivity index (χ4n) is 12.9. The smallest absolute Gasteiger partial charge is 0.174 e. The quantitative estimate of drug-likeness (QED) is 0.0359. The average molecular weight is 1170 g/mol. The number of carbonyl (C=O) groups is 1. The molecule has 0 amide bonds. The summed E-state index contributed by atoms with van der Waals surface area (Å²) in [5, 5.41) is 10.3. The molecule has 10 heteroatoms. The second-order valence-corrected chi connectivity index (χ2v) is 29.0. The van der Waals surface area contributed by atoms with Crippen LogP contribution in [0.4, 0.5) is 8.78 Å². The fourth-order valence-corrected chi connectivity index (χ4v) is 17.3. The number of aromatic nitrogens is 3. The number of halogens is 2. The van der Waals surface area contributed by atoms with Crippen LogP contribution in [0.5, 0.6) is 0 Å². The van der Waals surface area contributed by atoms with Gasteiger partial charge in [0.15, 0.2) is 17.4 Å². The summed E-state index contributed by atoms with van der Waals surface area (Å²) in [4.78, 5) is 25.3. The topological polar surface area (TPSA) is 47.8 Å². The number of fused-ring (bicyclic) bond motifs is 4. The molecule has 0 spiro atoms. The molecule has 0 bridgehead atoms. The van der Waals surface area contributed by atoms with Crippen molar-refractivity contribution < 1.29 is 13.6 Å². The molecule has 0 N–H and O–H groups in total. The van der Waals surface area contributed by atoms with Crippen molar-refractivity contribution >= 4 is 62.2 Å². The summed E-state index contributed by atoms with van der Waals surface area (Å²) in [6.45, 7) is 14.0. The Morgan fingerprint density at radius 3 is 1.31 bits per heavy atom. The summed E-state index contributed by atoms with van der Waals surface area (Å²) < 4.78 is 34.2. The molecule has 4 nitrogen and oxygen atoms in total. The molecule has 0 saturated carbocycles. The van der Waals surface area contributed by atoms with Gasteiger partial charge in [-0.25, -0.2) is 8.78 Å². The van der Waals surface area contributed by atoms with E-state index >= 15 is 13.6 Å². The van der Waals surface area contributed by atoms with E-state index in [1.807, 2.05) is 42.5 Å². The number of nitrogens with zero attached hydrogens (tertiary/aromatic N) is 3. The monoisotopic (exact) mass is 1170 g/mol. The van der Waals surface area contributed by atoms with E-state index in [0.29, 0.717) is 39.0 Å².